The van der Waals surface area contributed by atoms with Gasteiger partial charge in [-0.3, -0.25) is 0 Å². The van der Waals surface area contributed by atoms with Crippen LogP contribution in [0.3, 0.4) is 0 Å². The van der Waals surface area contributed by atoms with Crippen LogP contribution < -0.4 is 0 Å². The van der Waals surface area contributed by atoms with Gasteiger partial charge in [-0.15, -0.1) is 11.3 Å². The van der Waals surface area contributed by atoms with E-state index >= 15 is 0 Å². The first kappa shape index (κ1) is 22.5. The van der Waals surface area contributed by atoms with Gasteiger partial charge in [-0.25, -0.2) is 0 Å². The van der Waals surface area contributed by atoms with Gasteiger partial charge >= 0.3 is 0 Å². The number of rotatable bonds is 3. The zero-order valence-corrected chi connectivity index (χ0v) is 22.2. The van der Waals surface area contributed by atoms with E-state index in [2.05, 4.69) is 146 Å². The van der Waals surface area contributed by atoms with Crippen LogP contribution in [0.5, 0.6) is 0 Å². The predicted octanol–water partition coefficient (Wildman–Crippen LogP) is 10.4. The number of thiophene rings is 1. The van der Waals surface area contributed by atoms with E-state index in [0.29, 0.717) is 11.8 Å². The maximum atomic E-state index is 2.39. The minimum atomic E-state index is 0.314. The minimum absolute atomic E-state index is 0.314. The van der Waals surface area contributed by atoms with Crippen molar-refractivity contribution in [3.63, 3.8) is 0 Å². The summed E-state index contributed by atoms with van der Waals surface area (Å²) in [5, 5.41) is 2.69. The normalized spacial score (nSPS) is 17.9. The van der Waals surface area contributed by atoms with E-state index in [0.717, 1.165) is 0 Å². The summed E-state index contributed by atoms with van der Waals surface area (Å²) in [5.41, 5.74) is 10.7. The van der Waals surface area contributed by atoms with Crippen LogP contribution in [-0.4, -0.2) is 0 Å². The van der Waals surface area contributed by atoms with Crippen molar-refractivity contribution in [1.82, 2.24) is 0 Å². The van der Waals surface area contributed by atoms with Gasteiger partial charge in [-0.05, 0) is 56.7 Å². The highest BCUT2D eigenvalue weighted by atomic mass is 32.1. The Kier molecular flexibility index (Phi) is 5.24. The molecule has 0 fully saturated rings. The highest BCUT2D eigenvalue weighted by Gasteiger charge is 2.35. The lowest BCUT2D eigenvalue weighted by Gasteiger charge is -2.36. The molecule has 2 unspecified atom stereocenters. The van der Waals surface area contributed by atoms with Gasteiger partial charge in [0, 0.05) is 32.0 Å². The summed E-state index contributed by atoms with van der Waals surface area (Å²) in [6.45, 7) is 0. The molecule has 0 saturated heterocycles. The summed E-state index contributed by atoms with van der Waals surface area (Å²) >= 11 is 1.88. The SMILES string of the molecule is C1=CC2=C(c3ccc(-c4ccc5c(c4)sc4ccccc45)cc3)c3ccccc3C(c3ccccc3)C2C=C1. The lowest BCUT2D eigenvalue weighted by atomic mass is 9.66. The second-order valence-corrected chi connectivity index (χ2v) is 11.5. The Hall–Kier alpha value is -4.46. The fourth-order valence-corrected chi connectivity index (χ4v) is 7.69. The van der Waals surface area contributed by atoms with Gasteiger partial charge in [0.1, 0.15) is 0 Å². The van der Waals surface area contributed by atoms with Crippen LogP contribution in [0, 0.1) is 5.92 Å². The summed E-state index contributed by atoms with van der Waals surface area (Å²) in [7, 11) is 0. The molecule has 0 nitrogen and oxygen atoms in total. The second-order valence-electron chi connectivity index (χ2n) is 10.5. The molecule has 2 aliphatic carbocycles. The van der Waals surface area contributed by atoms with E-state index in [1.807, 2.05) is 11.3 Å². The molecule has 0 bridgehead atoms. The molecule has 1 aromatic heterocycles. The first-order valence-electron chi connectivity index (χ1n) is 13.6. The van der Waals surface area contributed by atoms with E-state index < -0.39 is 0 Å². The molecule has 2 aliphatic rings. The van der Waals surface area contributed by atoms with Crippen molar-refractivity contribution in [3.8, 4) is 11.1 Å². The smallest absolute Gasteiger partial charge is 0.0361 e. The molecule has 0 amide bonds. The number of hydrogen-bond donors (Lipinski definition) is 0. The lowest BCUT2D eigenvalue weighted by Crippen LogP contribution is -2.22. The summed E-state index contributed by atoms with van der Waals surface area (Å²) in [6.07, 6.45) is 9.12. The van der Waals surface area contributed by atoms with Crippen LogP contribution in [0.2, 0.25) is 0 Å². The molecule has 39 heavy (non-hydrogen) atoms. The van der Waals surface area contributed by atoms with Gasteiger partial charge < -0.3 is 0 Å². The Labute approximate surface area is 232 Å². The van der Waals surface area contributed by atoms with Crippen molar-refractivity contribution in [1.29, 1.82) is 0 Å². The van der Waals surface area contributed by atoms with Crippen molar-refractivity contribution in [2.75, 3.05) is 0 Å². The molecule has 6 aromatic rings. The Balaban J connectivity index is 1.24. The van der Waals surface area contributed by atoms with Gasteiger partial charge in [-0.1, -0.05) is 133 Å². The van der Waals surface area contributed by atoms with Crippen LogP contribution in [0.15, 0.2) is 151 Å². The molecule has 0 spiro atoms. The Bertz CT molecular complexity index is 1950. The molecule has 1 heterocycles. The third-order valence-corrected chi connectivity index (χ3v) is 9.46. The van der Waals surface area contributed by atoms with Gasteiger partial charge in [0.25, 0.3) is 0 Å². The lowest BCUT2D eigenvalue weighted by molar-refractivity contribution is 0.649. The quantitative estimate of drug-likeness (QED) is 0.220. The van der Waals surface area contributed by atoms with Crippen molar-refractivity contribution >= 4 is 37.1 Å². The van der Waals surface area contributed by atoms with Crippen LogP contribution in [0.4, 0.5) is 0 Å². The van der Waals surface area contributed by atoms with Gasteiger partial charge in [0.15, 0.2) is 0 Å². The maximum Gasteiger partial charge on any atom is 0.0361 e. The van der Waals surface area contributed by atoms with Crippen molar-refractivity contribution in [3.05, 3.63) is 173 Å². The van der Waals surface area contributed by atoms with Gasteiger partial charge in [-0.2, -0.15) is 0 Å². The van der Waals surface area contributed by atoms with Crippen LogP contribution in [0.1, 0.15) is 28.2 Å². The zero-order chi connectivity index (χ0) is 25.8. The first-order chi connectivity index (χ1) is 19.3. The highest BCUT2D eigenvalue weighted by molar-refractivity contribution is 7.25. The van der Waals surface area contributed by atoms with Crippen molar-refractivity contribution in [2.45, 2.75) is 5.92 Å². The van der Waals surface area contributed by atoms with E-state index in [1.165, 1.54) is 64.7 Å². The summed E-state index contributed by atoms with van der Waals surface area (Å²) in [6, 6.07) is 44.8. The van der Waals surface area contributed by atoms with Crippen molar-refractivity contribution in [2.24, 2.45) is 5.92 Å². The Morgan fingerprint density at radius 2 is 1.26 bits per heavy atom. The molecule has 184 valence electrons. The average molecular weight is 515 g/mol. The van der Waals surface area contributed by atoms with E-state index in [4.69, 9.17) is 0 Å². The van der Waals surface area contributed by atoms with Gasteiger partial charge in [0.2, 0.25) is 0 Å². The molecule has 1 heteroatoms. The first-order valence-corrected chi connectivity index (χ1v) is 14.4. The molecular formula is C38H26S. The third-order valence-electron chi connectivity index (χ3n) is 8.32. The van der Waals surface area contributed by atoms with E-state index in [-0.39, 0.29) is 0 Å². The van der Waals surface area contributed by atoms with Crippen LogP contribution >= 0.6 is 11.3 Å². The summed E-state index contributed by atoms with van der Waals surface area (Å²) in [4.78, 5) is 0. The molecule has 0 saturated carbocycles. The zero-order valence-electron chi connectivity index (χ0n) is 21.4. The number of fused-ring (bicyclic) bond motifs is 5. The second kappa shape index (κ2) is 9.08. The molecule has 2 atom stereocenters. The summed E-state index contributed by atoms with van der Waals surface area (Å²) in [5.74, 6) is 0.631. The topological polar surface area (TPSA) is 0 Å². The molecule has 8 rings (SSSR count). The monoisotopic (exact) mass is 514 g/mol. The fraction of sp³-hybridized carbons (Fsp3) is 0.0526. The fourth-order valence-electron chi connectivity index (χ4n) is 6.55. The Morgan fingerprint density at radius 1 is 0.538 bits per heavy atom. The van der Waals surface area contributed by atoms with Crippen molar-refractivity contribution < 1.29 is 0 Å². The van der Waals surface area contributed by atoms with E-state index in [9.17, 15) is 0 Å². The minimum Gasteiger partial charge on any atom is -0.135 e. The molecule has 0 aliphatic heterocycles. The molecular weight excluding hydrogens is 488 g/mol. The largest absolute Gasteiger partial charge is 0.135 e. The Morgan fingerprint density at radius 3 is 2.15 bits per heavy atom. The van der Waals surface area contributed by atoms with Crippen LogP contribution in [0.25, 0.3) is 36.9 Å². The maximum absolute atomic E-state index is 2.39. The number of benzene rings is 5. The standard InChI is InChI=1S/C38H26S/c1-2-10-26(11-3-1)37-31-13-4-6-15-33(31)38(34-16-7-5-14-32(34)37)27-20-18-25(19-21-27)28-22-23-30-29-12-8-9-17-35(29)39-36(30)24-28/h1-24,31,37H. The number of allylic oxidation sites excluding steroid dienone is 5. The molecule has 0 radical (unpaired) electrons. The number of hydrogen-bond acceptors (Lipinski definition) is 1. The average Bonchev–Trinajstić information content (AvgIpc) is 3.38. The summed E-state index contributed by atoms with van der Waals surface area (Å²) < 4.78 is 2.69. The molecule has 5 aromatic carbocycles. The van der Waals surface area contributed by atoms with Crippen LogP contribution in [-0.2, 0) is 0 Å². The predicted molar refractivity (Wildman–Crippen MR) is 167 cm³/mol. The third kappa shape index (κ3) is 3.66. The van der Waals surface area contributed by atoms with E-state index in [1.54, 1.807) is 0 Å². The van der Waals surface area contributed by atoms with Gasteiger partial charge in [0.05, 0.1) is 0 Å². The highest BCUT2D eigenvalue weighted by Crippen LogP contribution is 2.50. The molecule has 0 N–H and O–H groups in total.